The molecule has 0 fully saturated rings. The number of aryl methyl sites for hydroxylation is 2. The molecule has 1 aromatic heterocycles. The van der Waals surface area contributed by atoms with Gasteiger partial charge in [0.1, 0.15) is 12.2 Å². The quantitative estimate of drug-likeness (QED) is 0.905. The van der Waals surface area contributed by atoms with Crippen LogP contribution >= 0.6 is 0 Å². The minimum Gasteiger partial charge on any atom is -0.316 e. The van der Waals surface area contributed by atoms with Crippen molar-refractivity contribution in [2.75, 3.05) is 7.05 Å². The normalized spacial score (nSPS) is 19.4. The van der Waals surface area contributed by atoms with E-state index in [2.05, 4.69) is 39.7 Å². The fourth-order valence-corrected chi connectivity index (χ4v) is 3.16. The average molecular weight is 256 g/mol. The monoisotopic (exact) mass is 256 g/mol. The molecule has 1 aliphatic carbocycles. The Hall–Kier alpha value is -1.68. The molecule has 1 aromatic carbocycles. The molecule has 0 saturated heterocycles. The second kappa shape index (κ2) is 5.13. The van der Waals surface area contributed by atoms with Gasteiger partial charge in [-0.15, -0.1) is 0 Å². The van der Waals surface area contributed by atoms with E-state index in [0.717, 1.165) is 12.2 Å². The SMILES string of the molecule is CNC(Cc1ncnn1C)C1CCc2ccccc21. The van der Waals surface area contributed by atoms with Gasteiger partial charge in [0, 0.05) is 25.4 Å². The van der Waals surface area contributed by atoms with Crippen molar-refractivity contribution in [1.82, 2.24) is 20.1 Å². The molecule has 3 rings (SSSR count). The van der Waals surface area contributed by atoms with Gasteiger partial charge in [-0.1, -0.05) is 24.3 Å². The van der Waals surface area contributed by atoms with Crippen LogP contribution in [-0.4, -0.2) is 27.9 Å². The zero-order chi connectivity index (χ0) is 13.2. The first-order chi connectivity index (χ1) is 9.29. The molecule has 0 radical (unpaired) electrons. The summed E-state index contributed by atoms with van der Waals surface area (Å²) in [4.78, 5) is 4.34. The summed E-state index contributed by atoms with van der Waals surface area (Å²) < 4.78 is 1.87. The van der Waals surface area contributed by atoms with Gasteiger partial charge in [-0.3, -0.25) is 4.68 Å². The van der Waals surface area contributed by atoms with Crippen LogP contribution in [0, 0.1) is 0 Å². The molecule has 4 nitrogen and oxygen atoms in total. The van der Waals surface area contributed by atoms with E-state index in [1.807, 2.05) is 18.8 Å². The molecular weight excluding hydrogens is 236 g/mol. The highest BCUT2D eigenvalue weighted by Gasteiger charge is 2.29. The Labute approximate surface area is 113 Å². The lowest BCUT2D eigenvalue weighted by molar-refractivity contribution is 0.441. The Kier molecular flexibility index (Phi) is 3.34. The molecule has 0 spiro atoms. The first-order valence-electron chi connectivity index (χ1n) is 6.87. The molecular formula is C15H20N4. The highest BCUT2D eigenvalue weighted by Crippen LogP contribution is 2.36. The van der Waals surface area contributed by atoms with E-state index >= 15 is 0 Å². The van der Waals surface area contributed by atoms with Crippen LogP contribution in [0.15, 0.2) is 30.6 Å². The number of hydrogen-bond acceptors (Lipinski definition) is 3. The van der Waals surface area contributed by atoms with Gasteiger partial charge in [-0.25, -0.2) is 4.98 Å². The number of likely N-dealkylation sites (N-methyl/N-ethyl adjacent to an activating group) is 1. The predicted octanol–water partition coefficient (Wildman–Crippen LogP) is 1.68. The Balaban J connectivity index is 1.82. The van der Waals surface area contributed by atoms with E-state index in [1.54, 1.807) is 6.33 Å². The first-order valence-corrected chi connectivity index (χ1v) is 6.87. The van der Waals surface area contributed by atoms with Crippen molar-refractivity contribution < 1.29 is 0 Å². The van der Waals surface area contributed by atoms with Crippen LogP contribution in [0.25, 0.3) is 0 Å². The zero-order valence-electron chi connectivity index (χ0n) is 11.5. The topological polar surface area (TPSA) is 42.7 Å². The van der Waals surface area contributed by atoms with Gasteiger partial charge in [0.15, 0.2) is 0 Å². The molecule has 1 heterocycles. The highest BCUT2D eigenvalue weighted by molar-refractivity contribution is 5.36. The van der Waals surface area contributed by atoms with E-state index < -0.39 is 0 Å². The Bertz CT molecular complexity index is 561. The van der Waals surface area contributed by atoms with E-state index in [-0.39, 0.29) is 0 Å². The molecule has 1 aliphatic rings. The van der Waals surface area contributed by atoms with E-state index in [1.165, 1.54) is 24.0 Å². The number of nitrogens with zero attached hydrogens (tertiary/aromatic N) is 3. The van der Waals surface area contributed by atoms with Crippen molar-refractivity contribution in [3.8, 4) is 0 Å². The van der Waals surface area contributed by atoms with Gasteiger partial charge in [0.2, 0.25) is 0 Å². The summed E-state index contributed by atoms with van der Waals surface area (Å²) >= 11 is 0. The van der Waals surface area contributed by atoms with Crippen LogP contribution in [0.4, 0.5) is 0 Å². The van der Waals surface area contributed by atoms with Crippen LogP contribution in [0.1, 0.15) is 29.3 Å². The molecule has 0 saturated carbocycles. The van der Waals surface area contributed by atoms with Crippen molar-refractivity contribution >= 4 is 0 Å². The molecule has 19 heavy (non-hydrogen) atoms. The van der Waals surface area contributed by atoms with Crippen LogP contribution in [0.3, 0.4) is 0 Å². The third-order valence-corrected chi connectivity index (χ3v) is 4.24. The number of hydrogen-bond donors (Lipinski definition) is 1. The summed E-state index contributed by atoms with van der Waals surface area (Å²) in [7, 11) is 4.00. The maximum absolute atomic E-state index is 4.34. The fraction of sp³-hybridized carbons (Fsp3) is 0.467. The van der Waals surface area contributed by atoms with E-state index in [9.17, 15) is 0 Å². The minimum absolute atomic E-state index is 0.423. The Morgan fingerprint density at radius 1 is 1.42 bits per heavy atom. The minimum atomic E-state index is 0.423. The molecule has 2 atom stereocenters. The van der Waals surface area contributed by atoms with Gasteiger partial charge in [0.25, 0.3) is 0 Å². The Morgan fingerprint density at radius 3 is 3.00 bits per heavy atom. The van der Waals surface area contributed by atoms with Crippen molar-refractivity contribution in [2.45, 2.75) is 31.2 Å². The maximum atomic E-state index is 4.34. The number of rotatable bonds is 4. The lowest BCUT2D eigenvalue weighted by Crippen LogP contribution is -2.34. The summed E-state index contributed by atoms with van der Waals surface area (Å²) in [6, 6.07) is 9.23. The highest BCUT2D eigenvalue weighted by atomic mass is 15.3. The number of aromatic nitrogens is 3. The van der Waals surface area contributed by atoms with Crippen molar-refractivity contribution in [3.63, 3.8) is 0 Å². The molecule has 100 valence electrons. The van der Waals surface area contributed by atoms with Gasteiger partial charge >= 0.3 is 0 Å². The number of fused-ring (bicyclic) bond motifs is 1. The van der Waals surface area contributed by atoms with Crippen LogP contribution in [-0.2, 0) is 19.9 Å². The van der Waals surface area contributed by atoms with Gasteiger partial charge < -0.3 is 5.32 Å². The predicted molar refractivity (Wildman–Crippen MR) is 75.1 cm³/mol. The lowest BCUT2D eigenvalue weighted by Gasteiger charge is -2.23. The summed E-state index contributed by atoms with van der Waals surface area (Å²) in [5, 5.41) is 7.62. The molecule has 1 N–H and O–H groups in total. The van der Waals surface area contributed by atoms with E-state index in [4.69, 9.17) is 0 Å². The zero-order valence-corrected chi connectivity index (χ0v) is 11.5. The summed E-state index contributed by atoms with van der Waals surface area (Å²) in [5.41, 5.74) is 3.01. The van der Waals surface area contributed by atoms with Gasteiger partial charge in [-0.2, -0.15) is 5.10 Å². The third-order valence-electron chi connectivity index (χ3n) is 4.24. The molecule has 0 bridgehead atoms. The molecule has 2 aromatic rings. The second-order valence-corrected chi connectivity index (χ2v) is 5.24. The summed E-state index contributed by atoms with van der Waals surface area (Å²) in [6.45, 7) is 0. The molecule has 0 amide bonds. The van der Waals surface area contributed by atoms with Crippen LogP contribution in [0.2, 0.25) is 0 Å². The second-order valence-electron chi connectivity index (χ2n) is 5.24. The molecule has 2 unspecified atom stereocenters. The van der Waals surface area contributed by atoms with E-state index in [0.29, 0.717) is 12.0 Å². The maximum Gasteiger partial charge on any atom is 0.138 e. The summed E-state index contributed by atoms with van der Waals surface area (Å²) in [6.07, 6.45) is 4.97. The van der Waals surface area contributed by atoms with Crippen molar-refractivity contribution in [2.24, 2.45) is 7.05 Å². The van der Waals surface area contributed by atoms with Crippen molar-refractivity contribution in [3.05, 3.63) is 47.5 Å². The van der Waals surface area contributed by atoms with Crippen LogP contribution < -0.4 is 5.32 Å². The molecule has 0 aliphatic heterocycles. The fourth-order valence-electron chi connectivity index (χ4n) is 3.16. The smallest absolute Gasteiger partial charge is 0.138 e. The molecule has 4 heteroatoms. The van der Waals surface area contributed by atoms with Gasteiger partial charge in [0.05, 0.1) is 0 Å². The summed E-state index contributed by atoms with van der Waals surface area (Å²) in [5.74, 6) is 1.63. The third kappa shape index (κ3) is 2.28. The lowest BCUT2D eigenvalue weighted by atomic mass is 9.91. The Morgan fingerprint density at radius 2 is 2.26 bits per heavy atom. The van der Waals surface area contributed by atoms with Crippen LogP contribution in [0.5, 0.6) is 0 Å². The largest absolute Gasteiger partial charge is 0.316 e. The first kappa shape index (κ1) is 12.4. The average Bonchev–Trinajstić information content (AvgIpc) is 3.03. The number of benzene rings is 1. The number of nitrogens with one attached hydrogen (secondary N) is 1. The standard InChI is InChI=1S/C15H20N4/c1-16-14(9-15-17-10-18-19(15)2)13-8-7-11-5-3-4-6-12(11)13/h3-6,10,13-14,16H,7-9H2,1-2H3. The van der Waals surface area contributed by atoms with Crippen molar-refractivity contribution in [1.29, 1.82) is 0 Å². The van der Waals surface area contributed by atoms with Gasteiger partial charge in [-0.05, 0) is 31.0 Å².